The average Bonchev–Trinajstić information content (AvgIpc) is 2.63. The Kier molecular flexibility index (Phi) is 7.49. The topological polar surface area (TPSA) is 76.8 Å². The lowest BCUT2D eigenvalue weighted by molar-refractivity contribution is -0.123. The number of likely N-dealkylation sites (tertiary alicyclic amines) is 1. The molecule has 1 aliphatic rings. The van der Waals surface area contributed by atoms with Crippen LogP contribution in [-0.2, 0) is 9.53 Å². The maximum absolute atomic E-state index is 12.1. The molecule has 24 heavy (non-hydrogen) atoms. The lowest BCUT2D eigenvalue weighted by Crippen LogP contribution is -2.47. The number of carbonyl (C=O) groups excluding carboxylic acids is 1. The van der Waals surface area contributed by atoms with Crippen molar-refractivity contribution in [2.24, 2.45) is 5.73 Å². The van der Waals surface area contributed by atoms with E-state index in [0.29, 0.717) is 6.54 Å². The van der Waals surface area contributed by atoms with E-state index in [-0.39, 0.29) is 18.6 Å². The Labute approximate surface area is 144 Å². The molecular weight excluding hydrogens is 306 g/mol. The first-order valence-corrected chi connectivity index (χ1v) is 8.56. The van der Waals surface area contributed by atoms with Gasteiger partial charge in [0.05, 0.1) is 19.8 Å². The lowest BCUT2D eigenvalue weighted by atomic mass is 10.0. The number of carbonyl (C=O) groups is 1. The third-order valence-corrected chi connectivity index (χ3v) is 4.48. The molecule has 6 nitrogen and oxygen atoms in total. The summed E-state index contributed by atoms with van der Waals surface area (Å²) in [6, 6.07) is 7.58. The maximum Gasteiger partial charge on any atom is 0.239 e. The summed E-state index contributed by atoms with van der Waals surface area (Å²) in [7, 11) is 3.20. The molecule has 1 saturated heterocycles. The SMILES string of the molecule is COCC(N)C(=O)NCC(c1ccc(OC)cc1)N1CCCCC1. The number of rotatable bonds is 8. The summed E-state index contributed by atoms with van der Waals surface area (Å²) in [5, 5.41) is 2.97. The molecule has 0 saturated carbocycles. The van der Waals surface area contributed by atoms with Gasteiger partial charge >= 0.3 is 0 Å². The van der Waals surface area contributed by atoms with Gasteiger partial charge in [-0.2, -0.15) is 0 Å². The highest BCUT2D eigenvalue weighted by Gasteiger charge is 2.24. The van der Waals surface area contributed by atoms with Crippen molar-refractivity contribution >= 4 is 5.91 Å². The average molecular weight is 335 g/mol. The first-order valence-electron chi connectivity index (χ1n) is 8.56. The van der Waals surface area contributed by atoms with Gasteiger partial charge in [0.2, 0.25) is 5.91 Å². The van der Waals surface area contributed by atoms with Crippen LogP contribution in [-0.4, -0.2) is 57.3 Å². The van der Waals surface area contributed by atoms with E-state index in [1.54, 1.807) is 14.2 Å². The summed E-state index contributed by atoms with van der Waals surface area (Å²) in [5.41, 5.74) is 6.98. The maximum atomic E-state index is 12.1. The van der Waals surface area contributed by atoms with E-state index in [1.807, 2.05) is 12.1 Å². The van der Waals surface area contributed by atoms with E-state index in [0.717, 1.165) is 18.8 Å². The van der Waals surface area contributed by atoms with Crippen molar-refractivity contribution in [2.75, 3.05) is 40.5 Å². The van der Waals surface area contributed by atoms with Crippen LogP contribution in [0.2, 0.25) is 0 Å². The van der Waals surface area contributed by atoms with Crippen LogP contribution in [0.3, 0.4) is 0 Å². The van der Waals surface area contributed by atoms with Gasteiger partial charge < -0.3 is 20.5 Å². The zero-order chi connectivity index (χ0) is 17.4. The minimum Gasteiger partial charge on any atom is -0.497 e. The van der Waals surface area contributed by atoms with Crippen LogP contribution in [0, 0.1) is 0 Å². The molecule has 3 N–H and O–H groups in total. The Morgan fingerprint density at radius 1 is 1.21 bits per heavy atom. The van der Waals surface area contributed by atoms with Gasteiger partial charge in [-0.05, 0) is 43.6 Å². The number of methoxy groups -OCH3 is 2. The molecule has 0 spiro atoms. The highest BCUT2D eigenvalue weighted by molar-refractivity contribution is 5.81. The van der Waals surface area contributed by atoms with Crippen LogP contribution in [0.25, 0.3) is 0 Å². The molecule has 2 rings (SSSR count). The highest BCUT2D eigenvalue weighted by atomic mass is 16.5. The molecular formula is C18H29N3O3. The Balaban J connectivity index is 2.05. The van der Waals surface area contributed by atoms with E-state index in [9.17, 15) is 4.79 Å². The van der Waals surface area contributed by atoms with Crippen molar-refractivity contribution in [1.29, 1.82) is 0 Å². The first kappa shape index (κ1) is 18.7. The number of hydrogen-bond donors (Lipinski definition) is 2. The molecule has 0 bridgehead atoms. The van der Waals surface area contributed by atoms with Crippen LogP contribution in [0.5, 0.6) is 5.75 Å². The quantitative estimate of drug-likeness (QED) is 0.749. The van der Waals surface area contributed by atoms with Crippen molar-refractivity contribution in [3.63, 3.8) is 0 Å². The van der Waals surface area contributed by atoms with E-state index in [1.165, 1.54) is 24.8 Å². The molecule has 0 radical (unpaired) electrons. The molecule has 2 atom stereocenters. The summed E-state index contributed by atoms with van der Waals surface area (Å²) < 4.78 is 10.2. The minimum absolute atomic E-state index is 0.148. The van der Waals surface area contributed by atoms with E-state index < -0.39 is 6.04 Å². The van der Waals surface area contributed by atoms with Crippen molar-refractivity contribution in [2.45, 2.75) is 31.3 Å². The summed E-state index contributed by atoms with van der Waals surface area (Å²) in [6.07, 6.45) is 3.67. The van der Waals surface area contributed by atoms with Gasteiger partial charge in [-0.3, -0.25) is 9.69 Å². The lowest BCUT2D eigenvalue weighted by Gasteiger charge is -2.35. The second-order valence-electron chi connectivity index (χ2n) is 6.19. The number of amides is 1. The molecule has 6 heteroatoms. The van der Waals surface area contributed by atoms with Gasteiger partial charge in [0.1, 0.15) is 11.8 Å². The van der Waals surface area contributed by atoms with Gasteiger partial charge in [0.15, 0.2) is 0 Å². The third-order valence-electron chi connectivity index (χ3n) is 4.48. The van der Waals surface area contributed by atoms with Crippen molar-refractivity contribution < 1.29 is 14.3 Å². The normalized spacial score (nSPS) is 18.0. The van der Waals surface area contributed by atoms with Crippen molar-refractivity contribution in [1.82, 2.24) is 10.2 Å². The minimum atomic E-state index is -0.632. The number of benzene rings is 1. The predicted octanol–water partition coefficient (Wildman–Crippen LogP) is 1.31. The Hall–Kier alpha value is -1.63. The zero-order valence-corrected chi connectivity index (χ0v) is 14.7. The second kappa shape index (κ2) is 9.61. The fourth-order valence-electron chi connectivity index (χ4n) is 3.10. The Morgan fingerprint density at radius 3 is 2.46 bits per heavy atom. The van der Waals surface area contributed by atoms with Gasteiger partial charge in [-0.15, -0.1) is 0 Å². The van der Waals surface area contributed by atoms with Gasteiger partial charge in [0.25, 0.3) is 0 Å². The standard InChI is InChI=1S/C18H29N3O3/c1-23-13-16(19)18(22)20-12-17(21-10-4-3-5-11-21)14-6-8-15(24-2)9-7-14/h6-9,16-17H,3-5,10-13,19H2,1-2H3,(H,20,22). The number of nitrogens with two attached hydrogens (primary N) is 1. The molecule has 1 aromatic carbocycles. The molecule has 0 aliphatic carbocycles. The van der Waals surface area contributed by atoms with E-state index in [2.05, 4.69) is 22.3 Å². The van der Waals surface area contributed by atoms with Gasteiger partial charge in [0, 0.05) is 13.7 Å². The molecule has 134 valence electrons. The predicted molar refractivity (Wildman–Crippen MR) is 94.0 cm³/mol. The summed E-state index contributed by atoms with van der Waals surface area (Å²) >= 11 is 0. The second-order valence-corrected chi connectivity index (χ2v) is 6.19. The summed E-state index contributed by atoms with van der Waals surface area (Å²) in [4.78, 5) is 14.5. The fraction of sp³-hybridized carbons (Fsp3) is 0.611. The van der Waals surface area contributed by atoms with E-state index >= 15 is 0 Å². The van der Waals surface area contributed by atoms with Crippen LogP contribution in [0.1, 0.15) is 30.9 Å². The highest BCUT2D eigenvalue weighted by Crippen LogP contribution is 2.25. The smallest absolute Gasteiger partial charge is 0.239 e. The molecule has 1 fully saturated rings. The molecule has 0 aromatic heterocycles. The number of piperidine rings is 1. The van der Waals surface area contributed by atoms with Crippen LogP contribution in [0.15, 0.2) is 24.3 Å². The number of nitrogens with zero attached hydrogens (tertiary/aromatic N) is 1. The van der Waals surface area contributed by atoms with Crippen LogP contribution >= 0.6 is 0 Å². The fourth-order valence-corrected chi connectivity index (χ4v) is 3.10. The monoisotopic (exact) mass is 335 g/mol. The molecule has 1 aliphatic heterocycles. The van der Waals surface area contributed by atoms with E-state index in [4.69, 9.17) is 15.2 Å². The van der Waals surface area contributed by atoms with Crippen molar-refractivity contribution in [3.8, 4) is 5.75 Å². The zero-order valence-electron chi connectivity index (χ0n) is 14.7. The largest absolute Gasteiger partial charge is 0.497 e. The molecule has 1 amide bonds. The van der Waals surface area contributed by atoms with Crippen molar-refractivity contribution in [3.05, 3.63) is 29.8 Å². The number of hydrogen-bond acceptors (Lipinski definition) is 5. The van der Waals surface area contributed by atoms with Crippen LogP contribution in [0.4, 0.5) is 0 Å². The van der Waals surface area contributed by atoms with Gasteiger partial charge in [-0.1, -0.05) is 18.6 Å². The third kappa shape index (κ3) is 5.19. The number of ether oxygens (including phenoxy) is 2. The van der Waals surface area contributed by atoms with Crippen LogP contribution < -0.4 is 15.8 Å². The Bertz CT molecular complexity index is 501. The summed E-state index contributed by atoms with van der Waals surface area (Å²) in [6.45, 7) is 2.87. The molecule has 1 aromatic rings. The number of nitrogens with one attached hydrogen (secondary N) is 1. The molecule has 2 unspecified atom stereocenters. The van der Waals surface area contributed by atoms with Gasteiger partial charge in [-0.25, -0.2) is 0 Å². The summed E-state index contributed by atoms with van der Waals surface area (Å²) in [5.74, 6) is 0.662. The molecule has 1 heterocycles. The first-order chi connectivity index (χ1) is 11.7. The Morgan fingerprint density at radius 2 is 1.88 bits per heavy atom.